The van der Waals surface area contributed by atoms with E-state index in [0.29, 0.717) is 12.7 Å². The van der Waals surface area contributed by atoms with Crippen LogP contribution in [0.15, 0.2) is 0 Å². The number of piperidine rings is 3. The molecule has 12 heavy (non-hydrogen) atoms. The van der Waals surface area contributed by atoms with E-state index in [1.807, 2.05) is 0 Å². The molecule has 1 atom stereocenters. The Morgan fingerprint density at radius 3 is 2.67 bits per heavy atom. The molecule has 3 saturated heterocycles. The van der Waals surface area contributed by atoms with Gasteiger partial charge in [0.05, 0.1) is 6.10 Å². The molecule has 2 bridgehead atoms. The van der Waals surface area contributed by atoms with Gasteiger partial charge in [-0.2, -0.15) is 0 Å². The van der Waals surface area contributed by atoms with Crippen molar-refractivity contribution in [2.45, 2.75) is 18.9 Å². The van der Waals surface area contributed by atoms with E-state index in [-0.39, 0.29) is 0 Å². The van der Waals surface area contributed by atoms with Crippen LogP contribution in [0.3, 0.4) is 0 Å². The highest BCUT2D eigenvalue weighted by Crippen LogP contribution is 2.29. The molecular weight excluding hydrogens is 150 g/mol. The second-order valence-electron chi connectivity index (χ2n) is 3.69. The average Bonchev–Trinajstić information content (AvgIpc) is 2.17. The summed E-state index contributed by atoms with van der Waals surface area (Å²) in [6, 6.07) is 0. The molecule has 3 heterocycles. The molecule has 0 amide bonds. The van der Waals surface area contributed by atoms with Crippen molar-refractivity contribution in [3.05, 3.63) is 0 Å². The van der Waals surface area contributed by atoms with E-state index in [2.05, 4.69) is 10.8 Å². The molecule has 0 spiro atoms. The molecule has 0 unspecified atom stereocenters. The summed E-state index contributed by atoms with van der Waals surface area (Å²) in [5, 5.41) is 0. The summed E-state index contributed by atoms with van der Waals surface area (Å²) in [7, 11) is 0. The van der Waals surface area contributed by atoms with E-state index in [4.69, 9.17) is 11.2 Å². The van der Waals surface area contributed by atoms with E-state index in [1.54, 1.807) is 0 Å². The molecule has 0 aromatic heterocycles. The first-order valence-electron chi connectivity index (χ1n) is 4.67. The van der Waals surface area contributed by atoms with Gasteiger partial charge in [0.25, 0.3) is 0 Å². The van der Waals surface area contributed by atoms with Crippen LogP contribution in [0.4, 0.5) is 0 Å². The van der Waals surface area contributed by atoms with Gasteiger partial charge in [0, 0.05) is 6.54 Å². The van der Waals surface area contributed by atoms with Crippen LogP contribution < -0.4 is 0 Å². The fraction of sp³-hybridized carbons (Fsp3) is 0.800. The Balaban J connectivity index is 1.87. The van der Waals surface area contributed by atoms with E-state index in [1.165, 1.54) is 25.9 Å². The molecule has 0 N–H and O–H groups in total. The number of hydrogen-bond donors (Lipinski definition) is 0. The summed E-state index contributed by atoms with van der Waals surface area (Å²) in [6.07, 6.45) is 8.18. The number of fused-ring (bicyclic) bond motifs is 3. The number of ether oxygens (including phenoxy) is 1. The van der Waals surface area contributed by atoms with Crippen molar-refractivity contribution in [2.24, 2.45) is 5.92 Å². The Labute approximate surface area is 73.9 Å². The molecule has 0 aliphatic carbocycles. The van der Waals surface area contributed by atoms with E-state index >= 15 is 0 Å². The monoisotopic (exact) mass is 165 g/mol. The number of terminal acetylenes is 1. The molecule has 2 nitrogen and oxygen atoms in total. The van der Waals surface area contributed by atoms with Crippen molar-refractivity contribution in [2.75, 3.05) is 26.2 Å². The maximum Gasteiger partial charge on any atom is 0.107 e. The lowest BCUT2D eigenvalue weighted by Gasteiger charge is -2.44. The molecule has 0 aromatic carbocycles. The highest BCUT2D eigenvalue weighted by Gasteiger charge is 2.34. The Bertz CT molecular complexity index is 189. The standard InChI is InChI=1S/C10H15NO/c1-2-7-12-10-8-11-5-3-9(10)4-6-11/h1,9-10H,3-8H2/t10-/m1/s1. The van der Waals surface area contributed by atoms with Crippen LogP contribution in [-0.4, -0.2) is 37.2 Å². The first-order chi connectivity index (χ1) is 5.90. The molecule has 3 fully saturated rings. The predicted molar refractivity (Wildman–Crippen MR) is 47.7 cm³/mol. The van der Waals surface area contributed by atoms with Crippen LogP contribution >= 0.6 is 0 Å². The molecule has 3 aliphatic rings. The van der Waals surface area contributed by atoms with Gasteiger partial charge in [-0.05, 0) is 31.8 Å². The Kier molecular flexibility index (Phi) is 2.34. The zero-order valence-corrected chi connectivity index (χ0v) is 7.33. The molecule has 0 aromatic rings. The van der Waals surface area contributed by atoms with Gasteiger partial charge in [-0.15, -0.1) is 6.42 Å². The van der Waals surface area contributed by atoms with Crippen LogP contribution in [0, 0.1) is 18.3 Å². The van der Waals surface area contributed by atoms with Gasteiger partial charge in [0.15, 0.2) is 0 Å². The smallest absolute Gasteiger partial charge is 0.107 e. The topological polar surface area (TPSA) is 12.5 Å². The van der Waals surface area contributed by atoms with Crippen molar-refractivity contribution in [1.29, 1.82) is 0 Å². The predicted octanol–water partition coefficient (Wildman–Crippen LogP) is 0.730. The molecule has 2 heteroatoms. The normalized spacial score (nSPS) is 39.4. The number of rotatable bonds is 2. The lowest BCUT2D eigenvalue weighted by molar-refractivity contribution is -0.0588. The molecule has 0 saturated carbocycles. The minimum absolute atomic E-state index is 0.420. The van der Waals surface area contributed by atoms with Gasteiger partial charge >= 0.3 is 0 Å². The summed E-state index contributed by atoms with van der Waals surface area (Å²) >= 11 is 0. The maximum absolute atomic E-state index is 5.59. The lowest BCUT2D eigenvalue weighted by Crippen LogP contribution is -2.51. The van der Waals surface area contributed by atoms with Crippen molar-refractivity contribution in [3.8, 4) is 12.3 Å². The zero-order chi connectivity index (χ0) is 8.39. The van der Waals surface area contributed by atoms with Crippen molar-refractivity contribution in [3.63, 3.8) is 0 Å². The first-order valence-corrected chi connectivity index (χ1v) is 4.67. The van der Waals surface area contributed by atoms with Gasteiger partial charge in [-0.1, -0.05) is 5.92 Å². The molecular formula is C10H15NO. The van der Waals surface area contributed by atoms with Crippen molar-refractivity contribution < 1.29 is 4.74 Å². The second-order valence-corrected chi connectivity index (χ2v) is 3.69. The molecule has 0 radical (unpaired) electrons. The largest absolute Gasteiger partial charge is 0.364 e. The third-order valence-electron chi connectivity index (χ3n) is 2.98. The minimum Gasteiger partial charge on any atom is -0.364 e. The van der Waals surface area contributed by atoms with Crippen LogP contribution in [0.1, 0.15) is 12.8 Å². The highest BCUT2D eigenvalue weighted by atomic mass is 16.5. The summed E-state index contributed by atoms with van der Waals surface area (Å²) in [4.78, 5) is 2.47. The Hall–Kier alpha value is -0.520. The maximum atomic E-state index is 5.59. The van der Waals surface area contributed by atoms with Crippen LogP contribution in [-0.2, 0) is 4.74 Å². The lowest BCUT2D eigenvalue weighted by atomic mass is 9.86. The summed E-state index contributed by atoms with van der Waals surface area (Å²) in [5.41, 5.74) is 0. The van der Waals surface area contributed by atoms with E-state index in [0.717, 1.165) is 12.5 Å². The minimum atomic E-state index is 0.420. The first kappa shape index (κ1) is 8.10. The second kappa shape index (κ2) is 3.47. The molecule has 3 rings (SSSR count). The van der Waals surface area contributed by atoms with Gasteiger partial charge in [-0.25, -0.2) is 0 Å². The molecule has 66 valence electrons. The van der Waals surface area contributed by atoms with Crippen LogP contribution in [0.2, 0.25) is 0 Å². The van der Waals surface area contributed by atoms with Crippen molar-refractivity contribution >= 4 is 0 Å². The Morgan fingerprint density at radius 2 is 2.17 bits per heavy atom. The summed E-state index contributed by atoms with van der Waals surface area (Å²) in [5.74, 6) is 3.31. The number of hydrogen-bond acceptors (Lipinski definition) is 2. The fourth-order valence-electron chi connectivity index (χ4n) is 2.25. The zero-order valence-electron chi connectivity index (χ0n) is 7.33. The SMILES string of the molecule is C#CCO[C@@H]1CN2CCC1CC2. The fourth-order valence-corrected chi connectivity index (χ4v) is 2.25. The molecule has 3 aliphatic heterocycles. The van der Waals surface area contributed by atoms with Crippen molar-refractivity contribution in [1.82, 2.24) is 4.90 Å². The van der Waals surface area contributed by atoms with E-state index < -0.39 is 0 Å². The van der Waals surface area contributed by atoms with Gasteiger partial charge in [0.2, 0.25) is 0 Å². The summed E-state index contributed by atoms with van der Waals surface area (Å²) in [6.45, 7) is 4.11. The number of nitrogens with zero attached hydrogens (tertiary/aromatic N) is 1. The average molecular weight is 165 g/mol. The van der Waals surface area contributed by atoms with Gasteiger partial charge in [-0.3, -0.25) is 0 Å². The van der Waals surface area contributed by atoms with E-state index in [9.17, 15) is 0 Å². The third kappa shape index (κ3) is 1.48. The third-order valence-corrected chi connectivity index (χ3v) is 2.98. The Morgan fingerprint density at radius 1 is 1.42 bits per heavy atom. The quantitative estimate of drug-likeness (QED) is 0.559. The van der Waals surface area contributed by atoms with Crippen LogP contribution in [0.25, 0.3) is 0 Å². The summed E-state index contributed by atoms with van der Waals surface area (Å²) < 4.78 is 5.59. The van der Waals surface area contributed by atoms with Crippen LogP contribution in [0.5, 0.6) is 0 Å². The highest BCUT2D eigenvalue weighted by molar-refractivity contribution is 4.90. The van der Waals surface area contributed by atoms with Gasteiger partial charge in [0.1, 0.15) is 6.61 Å². The van der Waals surface area contributed by atoms with Gasteiger partial charge < -0.3 is 9.64 Å².